The molecular weight excluding hydrogens is 310 g/mol. The van der Waals surface area contributed by atoms with E-state index < -0.39 is 10.0 Å². The molecule has 0 bridgehead atoms. The molecule has 0 radical (unpaired) electrons. The Hall–Kier alpha value is -1.42. The van der Waals surface area contributed by atoms with E-state index in [2.05, 4.69) is 11.0 Å². The van der Waals surface area contributed by atoms with E-state index in [1.54, 1.807) is 4.31 Å². The van der Waals surface area contributed by atoms with Crippen molar-refractivity contribution in [2.75, 3.05) is 32.7 Å². The van der Waals surface area contributed by atoms with Gasteiger partial charge in [-0.2, -0.15) is 9.57 Å². The average molecular weight is 335 g/mol. The van der Waals surface area contributed by atoms with E-state index in [4.69, 9.17) is 5.26 Å². The fraction of sp³-hybridized carbons (Fsp3) is 0.588. The maximum absolute atomic E-state index is 13.0. The van der Waals surface area contributed by atoms with Crippen molar-refractivity contribution in [2.45, 2.75) is 32.6 Å². The van der Waals surface area contributed by atoms with Crippen LogP contribution in [0.4, 0.5) is 0 Å². The van der Waals surface area contributed by atoms with Gasteiger partial charge in [0.05, 0.1) is 16.9 Å². The molecule has 23 heavy (non-hydrogen) atoms. The number of hydrogen-bond acceptors (Lipinski definition) is 4. The molecule has 1 fully saturated rings. The molecule has 1 heterocycles. The van der Waals surface area contributed by atoms with E-state index in [1.165, 1.54) is 0 Å². The summed E-state index contributed by atoms with van der Waals surface area (Å²) in [5, 5.41) is 8.90. The van der Waals surface area contributed by atoms with E-state index in [0.29, 0.717) is 37.6 Å². The average Bonchev–Trinajstić information content (AvgIpc) is 2.46. The predicted molar refractivity (Wildman–Crippen MR) is 90.6 cm³/mol. The van der Waals surface area contributed by atoms with Crippen LogP contribution in [0.2, 0.25) is 0 Å². The molecule has 1 aliphatic rings. The molecule has 2 rings (SSSR count). The third kappa shape index (κ3) is 3.92. The van der Waals surface area contributed by atoms with Crippen molar-refractivity contribution in [1.82, 2.24) is 9.21 Å². The summed E-state index contributed by atoms with van der Waals surface area (Å²) in [4.78, 5) is 2.61. The lowest BCUT2D eigenvalue weighted by Gasteiger charge is -2.35. The topological polar surface area (TPSA) is 64.4 Å². The number of nitriles is 1. The lowest BCUT2D eigenvalue weighted by Crippen LogP contribution is -2.49. The molecule has 1 saturated heterocycles. The first-order chi connectivity index (χ1) is 10.8. The van der Waals surface area contributed by atoms with Gasteiger partial charge in [-0.05, 0) is 38.8 Å². The van der Waals surface area contributed by atoms with Crippen LogP contribution in [0.15, 0.2) is 17.0 Å². The van der Waals surface area contributed by atoms with Crippen LogP contribution in [0.25, 0.3) is 0 Å². The number of sulfonamides is 1. The molecule has 0 saturated carbocycles. The van der Waals surface area contributed by atoms with Gasteiger partial charge in [0.2, 0.25) is 10.0 Å². The van der Waals surface area contributed by atoms with E-state index in [0.717, 1.165) is 16.7 Å². The van der Waals surface area contributed by atoms with Gasteiger partial charge in [-0.25, -0.2) is 8.42 Å². The van der Waals surface area contributed by atoms with Crippen LogP contribution < -0.4 is 0 Å². The Morgan fingerprint density at radius 2 is 1.65 bits per heavy atom. The van der Waals surface area contributed by atoms with Crippen molar-refractivity contribution in [3.63, 3.8) is 0 Å². The van der Waals surface area contributed by atoms with Gasteiger partial charge in [0, 0.05) is 32.7 Å². The van der Waals surface area contributed by atoms with Crippen LogP contribution in [0.5, 0.6) is 0 Å². The predicted octanol–water partition coefficient (Wildman–Crippen LogP) is 2.08. The Labute approximate surface area is 139 Å². The van der Waals surface area contributed by atoms with Gasteiger partial charge in [-0.3, -0.25) is 4.90 Å². The maximum atomic E-state index is 13.0. The minimum Gasteiger partial charge on any atom is -0.299 e. The van der Waals surface area contributed by atoms with Gasteiger partial charge in [-0.15, -0.1) is 0 Å². The first kappa shape index (κ1) is 17.9. The van der Waals surface area contributed by atoms with Gasteiger partial charge >= 0.3 is 0 Å². The second-order valence-corrected chi connectivity index (χ2v) is 8.34. The summed E-state index contributed by atoms with van der Waals surface area (Å²) in [7, 11) is -3.46. The minimum absolute atomic E-state index is 0.0280. The van der Waals surface area contributed by atoms with Gasteiger partial charge in [0.25, 0.3) is 0 Å². The Kier molecular flexibility index (Phi) is 5.45. The Balaban J connectivity index is 2.16. The summed E-state index contributed by atoms with van der Waals surface area (Å²) in [5.74, 6) is -0.0280. The highest BCUT2D eigenvalue weighted by Gasteiger charge is 2.31. The molecule has 0 aliphatic carbocycles. The summed E-state index contributed by atoms with van der Waals surface area (Å²) >= 11 is 0. The van der Waals surface area contributed by atoms with Crippen LogP contribution >= 0.6 is 0 Å². The van der Waals surface area contributed by atoms with E-state index >= 15 is 0 Å². The highest BCUT2D eigenvalue weighted by molar-refractivity contribution is 7.89. The third-order valence-electron chi connectivity index (χ3n) is 4.29. The minimum atomic E-state index is -3.46. The zero-order chi connectivity index (χ0) is 17.2. The summed E-state index contributed by atoms with van der Waals surface area (Å²) in [5.41, 5.74) is 2.69. The molecular formula is C17H25N3O2S. The Bertz CT molecular complexity index is 691. The van der Waals surface area contributed by atoms with Crippen molar-refractivity contribution in [1.29, 1.82) is 5.26 Å². The molecule has 0 unspecified atom stereocenters. The Morgan fingerprint density at radius 3 is 2.13 bits per heavy atom. The lowest BCUT2D eigenvalue weighted by atomic mass is 10.1. The van der Waals surface area contributed by atoms with Gasteiger partial charge in [-0.1, -0.05) is 17.7 Å². The SMILES string of the molecule is Cc1cc(C)c(S(=O)(=O)N2CCN(C[C@H](C)C#N)CC2)c(C)c1. The van der Waals surface area contributed by atoms with Crippen molar-refractivity contribution in [3.8, 4) is 6.07 Å². The van der Waals surface area contributed by atoms with Gasteiger partial charge in [0.15, 0.2) is 0 Å². The second kappa shape index (κ2) is 7.00. The van der Waals surface area contributed by atoms with E-state index in [1.807, 2.05) is 39.8 Å². The number of aryl methyl sites for hydroxylation is 3. The lowest BCUT2D eigenvalue weighted by molar-refractivity contribution is 0.178. The number of nitrogens with zero attached hydrogens (tertiary/aromatic N) is 3. The summed E-state index contributed by atoms with van der Waals surface area (Å²) in [6.07, 6.45) is 0. The molecule has 1 aromatic carbocycles. The maximum Gasteiger partial charge on any atom is 0.243 e. The van der Waals surface area contributed by atoms with Crippen molar-refractivity contribution < 1.29 is 8.42 Å². The number of benzene rings is 1. The molecule has 0 N–H and O–H groups in total. The zero-order valence-corrected chi connectivity index (χ0v) is 15.2. The monoisotopic (exact) mass is 335 g/mol. The fourth-order valence-corrected chi connectivity index (χ4v) is 5.12. The van der Waals surface area contributed by atoms with Crippen LogP contribution in [0.3, 0.4) is 0 Å². The standard InChI is InChI=1S/C17H25N3O2S/c1-13-9-15(3)17(16(4)10-13)23(21,22)20-7-5-19(6-8-20)12-14(2)11-18/h9-10,14H,5-8,12H2,1-4H3/t14-/m1/s1. The molecule has 5 nitrogen and oxygen atoms in total. The smallest absolute Gasteiger partial charge is 0.243 e. The van der Waals surface area contributed by atoms with Crippen molar-refractivity contribution >= 4 is 10.0 Å². The largest absolute Gasteiger partial charge is 0.299 e. The van der Waals surface area contributed by atoms with Crippen molar-refractivity contribution in [2.24, 2.45) is 5.92 Å². The summed E-state index contributed by atoms with van der Waals surface area (Å²) < 4.78 is 27.5. The zero-order valence-electron chi connectivity index (χ0n) is 14.3. The normalized spacial score (nSPS) is 18.6. The number of hydrogen-bond donors (Lipinski definition) is 0. The molecule has 0 aromatic heterocycles. The van der Waals surface area contributed by atoms with E-state index in [-0.39, 0.29) is 5.92 Å². The van der Waals surface area contributed by atoms with Gasteiger partial charge < -0.3 is 0 Å². The first-order valence-corrected chi connectivity index (χ1v) is 9.39. The molecule has 1 aliphatic heterocycles. The van der Waals surface area contributed by atoms with E-state index in [9.17, 15) is 8.42 Å². The van der Waals surface area contributed by atoms with Crippen LogP contribution in [-0.4, -0.2) is 50.3 Å². The molecule has 0 spiro atoms. The van der Waals surface area contributed by atoms with Crippen LogP contribution in [-0.2, 0) is 10.0 Å². The third-order valence-corrected chi connectivity index (χ3v) is 6.49. The molecule has 126 valence electrons. The molecule has 0 amide bonds. The summed E-state index contributed by atoms with van der Waals surface area (Å²) in [6, 6.07) is 6.07. The first-order valence-electron chi connectivity index (χ1n) is 7.95. The van der Waals surface area contributed by atoms with Gasteiger partial charge in [0.1, 0.15) is 0 Å². The van der Waals surface area contributed by atoms with Crippen LogP contribution in [0.1, 0.15) is 23.6 Å². The molecule has 1 aromatic rings. The quantitative estimate of drug-likeness (QED) is 0.845. The molecule has 6 heteroatoms. The highest BCUT2D eigenvalue weighted by Crippen LogP contribution is 2.26. The highest BCUT2D eigenvalue weighted by atomic mass is 32.2. The fourth-order valence-electron chi connectivity index (χ4n) is 3.28. The summed E-state index contributed by atoms with van der Waals surface area (Å²) in [6.45, 7) is 10.6. The number of piperazine rings is 1. The van der Waals surface area contributed by atoms with Crippen molar-refractivity contribution in [3.05, 3.63) is 28.8 Å². The van der Waals surface area contributed by atoms with Crippen LogP contribution in [0, 0.1) is 38.0 Å². The molecule has 1 atom stereocenters. The second-order valence-electron chi connectivity index (χ2n) is 6.46. The number of rotatable bonds is 4. The Morgan fingerprint density at radius 1 is 1.13 bits per heavy atom.